The van der Waals surface area contributed by atoms with Gasteiger partial charge in [-0.25, -0.2) is 14.5 Å². The van der Waals surface area contributed by atoms with Gasteiger partial charge in [0.15, 0.2) is 0 Å². The number of methoxy groups -OCH3 is 2. The molecule has 0 saturated carbocycles. The fraction of sp³-hybridized carbons (Fsp3) is 0.241. The topological polar surface area (TPSA) is 114 Å². The number of ether oxygens (including phenoxy) is 3. The molecule has 10 nitrogen and oxygen atoms in total. The minimum absolute atomic E-state index is 0.0978. The number of rotatable bonds is 10. The van der Waals surface area contributed by atoms with E-state index in [0.717, 1.165) is 10.5 Å². The van der Waals surface area contributed by atoms with Gasteiger partial charge in [0.1, 0.15) is 17.5 Å². The molecule has 1 aliphatic heterocycles. The Morgan fingerprint density at radius 3 is 2.23 bits per heavy atom. The van der Waals surface area contributed by atoms with Crippen molar-refractivity contribution in [2.75, 3.05) is 31.0 Å². The first-order chi connectivity index (χ1) is 18.8. The average molecular weight is 532 g/mol. The molecule has 1 heterocycles. The highest BCUT2D eigenvalue weighted by Gasteiger charge is 2.46. The molecule has 1 saturated heterocycles. The predicted octanol–water partition coefficient (Wildman–Crippen LogP) is 4.25. The van der Waals surface area contributed by atoms with Crippen LogP contribution in [0.3, 0.4) is 0 Å². The lowest BCUT2D eigenvalue weighted by molar-refractivity contribution is -0.124. The molecule has 202 valence electrons. The van der Waals surface area contributed by atoms with E-state index >= 15 is 0 Å². The highest BCUT2D eigenvalue weighted by Crippen LogP contribution is 2.30. The van der Waals surface area contributed by atoms with Crippen molar-refractivity contribution in [1.29, 1.82) is 0 Å². The van der Waals surface area contributed by atoms with E-state index in [0.29, 0.717) is 28.4 Å². The van der Waals surface area contributed by atoms with Crippen molar-refractivity contribution in [3.05, 3.63) is 83.9 Å². The smallest absolute Gasteiger partial charge is 0.338 e. The molecule has 3 aromatic rings. The molecule has 39 heavy (non-hydrogen) atoms. The van der Waals surface area contributed by atoms with Gasteiger partial charge in [0.05, 0.1) is 38.5 Å². The molecule has 1 fully saturated rings. The van der Waals surface area contributed by atoms with Gasteiger partial charge < -0.3 is 24.4 Å². The Morgan fingerprint density at radius 1 is 0.897 bits per heavy atom. The number of amides is 4. The predicted molar refractivity (Wildman–Crippen MR) is 144 cm³/mol. The van der Waals surface area contributed by atoms with E-state index in [-0.39, 0.29) is 19.6 Å². The summed E-state index contributed by atoms with van der Waals surface area (Å²) >= 11 is 0. The van der Waals surface area contributed by atoms with Gasteiger partial charge in [-0.3, -0.25) is 9.59 Å². The van der Waals surface area contributed by atoms with Gasteiger partial charge in [-0.15, -0.1) is 0 Å². The summed E-state index contributed by atoms with van der Waals surface area (Å²) in [6.07, 6.45) is -0.263. The SMILES string of the molecule is CCOC(=O)c1ccc(NC(=O)CC2C(=O)N(c3ccc(OC)cc3)C(=O)N2Cc2cccc(OC)c2)cc1. The maximum absolute atomic E-state index is 13.5. The molecule has 0 spiro atoms. The third-order valence-electron chi connectivity index (χ3n) is 6.19. The zero-order valence-electron chi connectivity index (χ0n) is 21.9. The van der Waals surface area contributed by atoms with Crippen LogP contribution in [0.4, 0.5) is 16.2 Å². The number of hydrogen-bond acceptors (Lipinski definition) is 7. The molecule has 4 amide bonds. The molecule has 0 bridgehead atoms. The van der Waals surface area contributed by atoms with Gasteiger partial charge in [-0.2, -0.15) is 0 Å². The Morgan fingerprint density at radius 2 is 1.59 bits per heavy atom. The van der Waals surface area contributed by atoms with Crippen LogP contribution in [0, 0.1) is 0 Å². The van der Waals surface area contributed by atoms with Crippen molar-refractivity contribution in [3.8, 4) is 11.5 Å². The first-order valence-electron chi connectivity index (χ1n) is 12.3. The molecule has 10 heteroatoms. The van der Waals surface area contributed by atoms with Crippen LogP contribution in [0.5, 0.6) is 11.5 Å². The monoisotopic (exact) mass is 531 g/mol. The zero-order valence-corrected chi connectivity index (χ0v) is 21.9. The van der Waals surface area contributed by atoms with E-state index in [2.05, 4.69) is 5.32 Å². The molecule has 3 aromatic carbocycles. The first-order valence-corrected chi connectivity index (χ1v) is 12.3. The lowest BCUT2D eigenvalue weighted by Crippen LogP contribution is -2.37. The second-order valence-electron chi connectivity index (χ2n) is 8.70. The van der Waals surface area contributed by atoms with Gasteiger partial charge >= 0.3 is 12.0 Å². The maximum Gasteiger partial charge on any atom is 0.338 e. The quantitative estimate of drug-likeness (QED) is 0.307. The molecule has 1 N–H and O–H groups in total. The Hall–Kier alpha value is -4.86. The number of nitrogens with one attached hydrogen (secondary N) is 1. The summed E-state index contributed by atoms with van der Waals surface area (Å²) < 4.78 is 15.4. The number of anilines is 2. The van der Waals surface area contributed by atoms with Crippen molar-refractivity contribution >= 4 is 35.2 Å². The molecule has 4 rings (SSSR count). The number of benzene rings is 3. The lowest BCUT2D eigenvalue weighted by atomic mass is 10.1. The number of carbonyl (C=O) groups is 4. The molecule has 1 atom stereocenters. The van der Waals surface area contributed by atoms with Gasteiger partial charge in [0, 0.05) is 12.2 Å². The third kappa shape index (κ3) is 6.18. The van der Waals surface area contributed by atoms with Crippen LogP contribution in [-0.2, 0) is 20.9 Å². The number of carbonyl (C=O) groups excluding carboxylic acids is 4. The third-order valence-corrected chi connectivity index (χ3v) is 6.19. The first kappa shape index (κ1) is 27.2. The Kier molecular flexibility index (Phi) is 8.45. The highest BCUT2D eigenvalue weighted by molar-refractivity contribution is 6.22. The van der Waals surface area contributed by atoms with Crippen LogP contribution in [0.1, 0.15) is 29.3 Å². The van der Waals surface area contributed by atoms with Crippen LogP contribution < -0.4 is 19.7 Å². The van der Waals surface area contributed by atoms with Gasteiger partial charge in [0.2, 0.25) is 5.91 Å². The fourth-order valence-corrected chi connectivity index (χ4v) is 4.24. The largest absolute Gasteiger partial charge is 0.497 e. The second kappa shape index (κ2) is 12.1. The van der Waals surface area contributed by atoms with Gasteiger partial charge in [-0.1, -0.05) is 12.1 Å². The summed E-state index contributed by atoms with van der Waals surface area (Å²) in [7, 11) is 3.07. The lowest BCUT2D eigenvalue weighted by Gasteiger charge is -2.22. The van der Waals surface area contributed by atoms with Gasteiger partial charge in [-0.05, 0) is 73.2 Å². The van der Waals surface area contributed by atoms with E-state index in [1.807, 2.05) is 6.07 Å². The highest BCUT2D eigenvalue weighted by atomic mass is 16.5. The van der Waals surface area contributed by atoms with Gasteiger partial charge in [0.25, 0.3) is 5.91 Å². The van der Waals surface area contributed by atoms with Crippen LogP contribution >= 0.6 is 0 Å². The van der Waals surface area contributed by atoms with Crippen LogP contribution in [0.15, 0.2) is 72.8 Å². The van der Waals surface area contributed by atoms with Crippen LogP contribution in [-0.4, -0.2) is 55.6 Å². The number of urea groups is 1. The Labute approximate surface area is 226 Å². The number of imide groups is 1. The van der Waals surface area contributed by atoms with Crippen molar-refractivity contribution in [2.45, 2.75) is 25.9 Å². The zero-order chi connectivity index (χ0) is 27.9. The maximum atomic E-state index is 13.5. The van der Waals surface area contributed by atoms with E-state index in [1.54, 1.807) is 80.8 Å². The Bertz CT molecular complexity index is 1360. The summed E-state index contributed by atoms with van der Waals surface area (Å²) in [4.78, 5) is 54.4. The van der Waals surface area contributed by atoms with Crippen LogP contribution in [0.25, 0.3) is 0 Å². The van der Waals surface area contributed by atoms with E-state index < -0.39 is 29.9 Å². The number of hydrogen-bond donors (Lipinski definition) is 1. The summed E-state index contributed by atoms with van der Waals surface area (Å²) in [6, 6.07) is 18.4. The molecule has 1 aliphatic rings. The minimum Gasteiger partial charge on any atom is -0.497 e. The van der Waals surface area contributed by atoms with Crippen molar-refractivity contribution in [2.24, 2.45) is 0 Å². The summed E-state index contributed by atoms with van der Waals surface area (Å²) in [5, 5.41) is 2.74. The molecule has 1 unspecified atom stereocenters. The average Bonchev–Trinajstić information content (AvgIpc) is 3.17. The molecule has 0 radical (unpaired) electrons. The normalized spacial score (nSPS) is 14.8. The molecule has 0 aliphatic carbocycles. The van der Waals surface area contributed by atoms with Crippen molar-refractivity contribution in [1.82, 2.24) is 4.90 Å². The van der Waals surface area contributed by atoms with Crippen LogP contribution in [0.2, 0.25) is 0 Å². The minimum atomic E-state index is -1.04. The summed E-state index contributed by atoms with van der Waals surface area (Å²) in [6.45, 7) is 2.07. The fourth-order valence-electron chi connectivity index (χ4n) is 4.24. The molecular formula is C29H29N3O7. The number of nitrogens with zero attached hydrogens (tertiary/aromatic N) is 2. The number of esters is 1. The Balaban J connectivity index is 1.56. The molecule has 0 aromatic heterocycles. The van der Waals surface area contributed by atoms with E-state index in [1.165, 1.54) is 12.0 Å². The second-order valence-corrected chi connectivity index (χ2v) is 8.70. The van der Waals surface area contributed by atoms with Crippen molar-refractivity contribution < 1.29 is 33.4 Å². The summed E-state index contributed by atoms with van der Waals surface area (Å²) in [5.41, 5.74) is 1.91. The van der Waals surface area contributed by atoms with Crippen molar-refractivity contribution in [3.63, 3.8) is 0 Å². The van der Waals surface area contributed by atoms with E-state index in [4.69, 9.17) is 14.2 Å². The standard InChI is InChI=1S/C29H29N3O7/c1-4-39-28(35)20-8-10-21(11-9-20)30-26(33)17-25-27(34)32(22-12-14-23(37-2)15-13-22)29(36)31(25)18-19-6-5-7-24(16-19)38-3/h5-16,25H,4,17-18H2,1-3H3,(H,30,33). The van der Waals surface area contributed by atoms with E-state index in [9.17, 15) is 19.2 Å². The molecular weight excluding hydrogens is 502 g/mol. The summed E-state index contributed by atoms with van der Waals surface area (Å²) in [5.74, 6) is -0.246.